The highest BCUT2D eigenvalue weighted by atomic mass is 16.5. The fourth-order valence-electron chi connectivity index (χ4n) is 7.25. The number of nitrogens with zero attached hydrogens (tertiary/aromatic N) is 1. The van der Waals surface area contributed by atoms with Crippen LogP contribution in [0, 0.1) is 29.1 Å². The third-order valence-electron chi connectivity index (χ3n) is 8.26. The van der Waals surface area contributed by atoms with E-state index in [1.54, 1.807) is 12.1 Å². The summed E-state index contributed by atoms with van der Waals surface area (Å²) in [5.74, 6) is 2.97. The highest BCUT2D eigenvalue weighted by Crippen LogP contribution is 2.60. The minimum Gasteiger partial charge on any atom is -0.374 e. The summed E-state index contributed by atoms with van der Waals surface area (Å²) < 4.78 is 5.84. The van der Waals surface area contributed by atoms with Crippen molar-refractivity contribution in [2.24, 2.45) is 29.1 Å². The molecule has 1 aromatic carbocycles. The lowest BCUT2D eigenvalue weighted by molar-refractivity contribution is -0.140. The molecule has 1 aromatic rings. The molecule has 6 rings (SSSR count). The third kappa shape index (κ3) is 5.12. The molecule has 4 bridgehead atoms. The molecule has 0 aromatic heterocycles. The number of amides is 2. The van der Waals surface area contributed by atoms with Gasteiger partial charge in [0, 0.05) is 37.4 Å². The number of hydrogen-bond acceptors (Lipinski definition) is 4. The van der Waals surface area contributed by atoms with E-state index >= 15 is 0 Å². The number of rotatable bonds is 7. The van der Waals surface area contributed by atoms with Gasteiger partial charge in [0.2, 0.25) is 5.91 Å². The van der Waals surface area contributed by atoms with Crippen molar-refractivity contribution in [3.05, 3.63) is 29.8 Å². The van der Waals surface area contributed by atoms with Gasteiger partial charge in [-0.15, -0.1) is 0 Å². The molecule has 5 aliphatic rings. The maximum Gasteiger partial charge on any atom is 0.251 e. The SMILES string of the molecule is CC(C)CN1CCO[C@@H](CNC(=O)c2ccc(NC(=O)C34CC5CC(CC(C5)C3)C4)cc2)C1. The maximum atomic E-state index is 13.2. The summed E-state index contributed by atoms with van der Waals surface area (Å²) >= 11 is 0. The number of nitrogens with one attached hydrogen (secondary N) is 2. The van der Waals surface area contributed by atoms with Gasteiger partial charge in [-0.1, -0.05) is 13.8 Å². The first kappa shape index (κ1) is 22.9. The zero-order chi connectivity index (χ0) is 23.0. The second-order valence-corrected chi connectivity index (χ2v) is 11.6. The Labute approximate surface area is 197 Å². The molecule has 0 spiro atoms. The van der Waals surface area contributed by atoms with Crippen LogP contribution in [0.3, 0.4) is 0 Å². The molecule has 6 nitrogen and oxygen atoms in total. The van der Waals surface area contributed by atoms with Crippen LogP contribution in [0.25, 0.3) is 0 Å². The van der Waals surface area contributed by atoms with Gasteiger partial charge in [-0.2, -0.15) is 0 Å². The molecule has 6 heteroatoms. The molecule has 4 saturated carbocycles. The van der Waals surface area contributed by atoms with Crippen LogP contribution < -0.4 is 10.6 Å². The Morgan fingerprint density at radius 1 is 1.06 bits per heavy atom. The Morgan fingerprint density at radius 2 is 1.70 bits per heavy atom. The van der Waals surface area contributed by atoms with Crippen LogP contribution in [0.1, 0.15) is 62.7 Å². The lowest BCUT2D eigenvalue weighted by Crippen LogP contribution is -2.51. The van der Waals surface area contributed by atoms with E-state index in [0.29, 0.717) is 24.6 Å². The number of benzene rings is 1. The van der Waals surface area contributed by atoms with Gasteiger partial charge in [-0.3, -0.25) is 14.5 Å². The zero-order valence-electron chi connectivity index (χ0n) is 20.1. The second kappa shape index (κ2) is 9.38. The molecular formula is C27H39N3O3. The van der Waals surface area contributed by atoms with Crippen LogP contribution in [0.5, 0.6) is 0 Å². The quantitative estimate of drug-likeness (QED) is 0.656. The van der Waals surface area contributed by atoms with E-state index in [0.717, 1.165) is 62.3 Å². The summed E-state index contributed by atoms with van der Waals surface area (Å²) in [5.41, 5.74) is 1.23. The molecule has 1 heterocycles. The zero-order valence-corrected chi connectivity index (χ0v) is 20.1. The van der Waals surface area contributed by atoms with Crippen LogP contribution in [0.15, 0.2) is 24.3 Å². The first-order valence-electron chi connectivity index (χ1n) is 12.9. The van der Waals surface area contributed by atoms with E-state index in [9.17, 15) is 9.59 Å². The average Bonchev–Trinajstić information content (AvgIpc) is 2.77. The number of carbonyl (C=O) groups excluding carboxylic acids is 2. The normalized spacial score (nSPS) is 33.3. The summed E-state index contributed by atoms with van der Waals surface area (Å²) in [6.45, 7) is 8.54. The van der Waals surface area contributed by atoms with Gasteiger partial charge in [0.1, 0.15) is 0 Å². The Morgan fingerprint density at radius 3 is 2.30 bits per heavy atom. The fraction of sp³-hybridized carbons (Fsp3) is 0.704. The van der Waals surface area contributed by atoms with E-state index in [2.05, 4.69) is 29.4 Å². The summed E-state index contributed by atoms with van der Waals surface area (Å²) in [7, 11) is 0. The molecule has 1 atom stereocenters. The van der Waals surface area contributed by atoms with Gasteiger partial charge in [0.25, 0.3) is 5.91 Å². The van der Waals surface area contributed by atoms with Crippen molar-refractivity contribution in [3.8, 4) is 0 Å². The van der Waals surface area contributed by atoms with Crippen molar-refractivity contribution in [1.29, 1.82) is 0 Å². The van der Waals surface area contributed by atoms with Gasteiger partial charge in [0.15, 0.2) is 0 Å². The van der Waals surface area contributed by atoms with Crippen LogP contribution in [0.4, 0.5) is 5.69 Å². The van der Waals surface area contributed by atoms with Gasteiger partial charge >= 0.3 is 0 Å². The van der Waals surface area contributed by atoms with Crippen LogP contribution in [-0.4, -0.2) is 55.6 Å². The first-order valence-corrected chi connectivity index (χ1v) is 12.9. The predicted molar refractivity (Wildman–Crippen MR) is 129 cm³/mol. The summed E-state index contributed by atoms with van der Waals surface area (Å²) in [6, 6.07) is 7.32. The lowest BCUT2D eigenvalue weighted by Gasteiger charge is -2.55. The molecule has 1 aliphatic heterocycles. The Bertz CT molecular complexity index is 831. The largest absolute Gasteiger partial charge is 0.374 e. The minimum absolute atomic E-state index is 0.0280. The van der Waals surface area contributed by atoms with Crippen LogP contribution in [-0.2, 0) is 9.53 Å². The van der Waals surface area contributed by atoms with Gasteiger partial charge in [0.05, 0.1) is 18.1 Å². The van der Waals surface area contributed by atoms with Crippen molar-refractivity contribution >= 4 is 17.5 Å². The number of anilines is 1. The monoisotopic (exact) mass is 453 g/mol. The third-order valence-corrected chi connectivity index (χ3v) is 8.26. The van der Waals surface area contributed by atoms with Crippen molar-refractivity contribution in [2.45, 2.75) is 58.5 Å². The molecule has 2 N–H and O–H groups in total. The topological polar surface area (TPSA) is 70.7 Å². The summed E-state index contributed by atoms with van der Waals surface area (Å²) in [4.78, 5) is 28.3. The molecule has 2 amide bonds. The second-order valence-electron chi connectivity index (χ2n) is 11.6. The summed E-state index contributed by atoms with van der Waals surface area (Å²) in [5, 5.41) is 6.19. The van der Waals surface area contributed by atoms with Crippen molar-refractivity contribution in [1.82, 2.24) is 10.2 Å². The van der Waals surface area contributed by atoms with Crippen LogP contribution in [0.2, 0.25) is 0 Å². The van der Waals surface area contributed by atoms with E-state index in [1.807, 2.05) is 12.1 Å². The van der Waals surface area contributed by atoms with Crippen molar-refractivity contribution in [3.63, 3.8) is 0 Å². The molecule has 0 radical (unpaired) electrons. The molecule has 33 heavy (non-hydrogen) atoms. The van der Waals surface area contributed by atoms with E-state index in [4.69, 9.17) is 4.74 Å². The van der Waals surface area contributed by atoms with Gasteiger partial charge < -0.3 is 15.4 Å². The Kier molecular flexibility index (Phi) is 6.49. The van der Waals surface area contributed by atoms with Crippen LogP contribution >= 0.6 is 0 Å². The first-order chi connectivity index (χ1) is 15.9. The predicted octanol–water partition coefficient (Wildman–Crippen LogP) is 3.93. The summed E-state index contributed by atoms with van der Waals surface area (Å²) in [6.07, 6.45) is 7.20. The fourth-order valence-corrected chi connectivity index (χ4v) is 7.25. The number of ether oxygens (including phenoxy) is 1. The maximum absolute atomic E-state index is 13.2. The lowest BCUT2D eigenvalue weighted by atomic mass is 9.49. The van der Waals surface area contributed by atoms with Crippen molar-refractivity contribution < 1.29 is 14.3 Å². The van der Waals surface area contributed by atoms with E-state index < -0.39 is 0 Å². The molecule has 5 fully saturated rings. The molecule has 0 unspecified atom stereocenters. The van der Waals surface area contributed by atoms with E-state index in [-0.39, 0.29) is 23.3 Å². The van der Waals surface area contributed by atoms with Crippen molar-refractivity contribution in [2.75, 3.05) is 38.1 Å². The molecule has 180 valence electrons. The molecule has 1 saturated heterocycles. The highest BCUT2D eigenvalue weighted by molar-refractivity contribution is 5.97. The molecular weight excluding hydrogens is 414 g/mol. The minimum atomic E-state index is -0.158. The smallest absolute Gasteiger partial charge is 0.251 e. The highest BCUT2D eigenvalue weighted by Gasteiger charge is 2.54. The van der Waals surface area contributed by atoms with Gasteiger partial charge in [-0.25, -0.2) is 0 Å². The van der Waals surface area contributed by atoms with Gasteiger partial charge in [-0.05, 0) is 86.5 Å². The average molecular weight is 454 g/mol. The Balaban J connectivity index is 1.12. The number of morpholine rings is 1. The standard InChI is InChI=1S/C27H39N3O3/c1-18(2)16-30-7-8-33-24(17-30)15-28-25(31)22-3-5-23(6-4-22)29-26(32)27-12-19-9-20(13-27)11-21(10-19)14-27/h3-6,18-21,24H,7-17H2,1-2H3,(H,28,31)(H,29,32)/t19?,20?,21?,24-,27?/m0/s1. The van der Waals surface area contributed by atoms with E-state index in [1.165, 1.54) is 19.3 Å². The number of hydrogen-bond donors (Lipinski definition) is 2. The molecule has 4 aliphatic carbocycles. The number of carbonyl (C=O) groups is 2. The Hall–Kier alpha value is -1.92.